The summed E-state index contributed by atoms with van der Waals surface area (Å²) in [7, 11) is 0. The zero-order chi connectivity index (χ0) is 26.2. The number of ether oxygens (including phenoxy) is 1. The highest BCUT2D eigenvalue weighted by molar-refractivity contribution is 5.81. The van der Waals surface area contributed by atoms with Crippen LogP contribution in [0.4, 0.5) is 20.3 Å². The molecule has 1 aromatic carbocycles. The van der Waals surface area contributed by atoms with E-state index in [-0.39, 0.29) is 6.10 Å². The highest BCUT2D eigenvalue weighted by Gasteiger charge is 2.33. The minimum atomic E-state index is -0.924. The molecule has 4 N–H and O–H groups in total. The highest BCUT2D eigenvalue weighted by atomic mass is 19.2. The van der Waals surface area contributed by atoms with Gasteiger partial charge < -0.3 is 25.7 Å². The van der Waals surface area contributed by atoms with Gasteiger partial charge in [-0.1, -0.05) is 0 Å². The molecule has 0 radical (unpaired) electrons. The van der Waals surface area contributed by atoms with Crippen molar-refractivity contribution in [3.05, 3.63) is 60.3 Å². The number of aromatic nitrogens is 5. The van der Waals surface area contributed by atoms with Crippen molar-refractivity contribution in [3.8, 4) is 11.3 Å². The number of pyridine rings is 1. The third-order valence-electron chi connectivity index (χ3n) is 6.60. The van der Waals surface area contributed by atoms with Crippen molar-refractivity contribution in [3.63, 3.8) is 0 Å². The molecule has 9 nitrogen and oxygen atoms in total. The zero-order valence-electron chi connectivity index (χ0n) is 20.9. The second-order valence-electron chi connectivity index (χ2n) is 9.88. The molecule has 4 aromatic rings. The third-order valence-corrected chi connectivity index (χ3v) is 6.60. The van der Waals surface area contributed by atoms with E-state index in [1.165, 1.54) is 12.4 Å². The number of hydrogen-bond acceptors (Lipinski definition) is 8. The van der Waals surface area contributed by atoms with Crippen LogP contribution in [0.5, 0.6) is 0 Å². The summed E-state index contributed by atoms with van der Waals surface area (Å²) in [6.45, 7) is 6.25. The Morgan fingerprint density at radius 1 is 1.11 bits per heavy atom. The number of piperidine rings is 1. The Morgan fingerprint density at radius 2 is 1.95 bits per heavy atom. The molecule has 11 heteroatoms. The van der Waals surface area contributed by atoms with Crippen molar-refractivity contribution in [2.45, 2.75) is 44.9 Å². The van der Waals surface area contributed by atoms with E-state index in [1.54, 1.807) is 12.5 Å². The predicted molar refractivity (Wildman–Crippen MR) is 138 cm³/mol. The molecule has 1 saturated heterocycles. The maximum Gasteiger partial charge on any atom is 0.165 e. The molecular weight excluding hydrogens is 478 g/mol. The van der Waals surface area contributed by atoms with Gasteiger partial charge in [0.15, 0.2) is 23.1 Å². The first-order valence-electron chi connectivity index (χ1n) is 12.2. The highest BCUT2D eigenvalue weighted by Crippen LogP contribution is 2.31. The smallest absolute Gasteiger partial charge is 0.165 e. The van der Waals surface area contributed by atoms with Gasteiger partial charge in [0, 0.05) is 18.7 Å². The molecule has 0 bridgehead atoms. The number of nitrogen functional groups attached to an aromatic ring is 1. The van der Waals surface area contributed by atoms with Crippen molar-refractivity contribution in [2.24, 2.45) is 5.73 Å². The average molecular weight is 509 g/mol. The van der Waals surface area contributed by atoms with Crippen LogP contribution in [0.15, 0.2) is 43.1 Å². The predicted octanol–water partition coefficient (Wildman–Crippen LogP) is 3.52. The number of imidazole rings is 1. The summed E-state index contributed by atoms with van der Waals surface area (Å²) in [5.74, 6) is -1.53. The van der Waals surface area contributed by atoms with Gasteiger partial charge in [0.1, 0.15) is 11.8 Å². The van der Waals surface area contributed by atoms with Crippen LogP contribution in [0.3, 0.4) is 0 Å². The first-order chi connectivity index (χ1) is 17.7. The Kier molecular flexibility index (Phi) is 6.74. The van der Waals surface area contributed by atoms with Crippen LogP contribution in [0.1, 0.15) is 32.3 Å². The first kappa shape index (κ1) is 25.0. The van der Waals surface area contributed by atoms with Crippen molar-refractivity contribution in [1.82, 2.24) is 24.5 Å². The maximum atomic E-state index is 14.0. The van der Waals surface area contributed by atoms with Crippen molar-refractivity contribution in [1.29, 1.82) is 0 Å². The number of anilines is 2. The molecule has 4 heterocycles. The van der Waals surface area contributed by atoms with Gasteiger partial charge in [-0.2, -0.15) is 0 Å². The van der Waals surface area contributed by atoms with Gasteiger partial charge in [-0.05, 0) is 56.5 Å². The number of nitrogens with zero attached hydrogens (tertiary/aromatic N) is 6. The van der Waals surface area contributed by atoms with Crippen LogP contribution in [-0.4, -0.2) is 55.8 Å². The lowest BCUT2D eigenvalue weighted by Crippen LogP contribution is -2.57. The van der Waals surface area contributed by atoms with E-state index < -0.39 is 17.2 Å². The lowest BCUT2D eigenvalue weighted by atomic mass is 9.90. The summed E-state index contributed by atoms with van der Waals surface area (Å²) in [4.78, 5) is 19.6. The Hall–Kier alpha value is -3.70. The molecule has 1 aliphatic rings. The molecule has 3 aromatic heterocycles. The molecule has 0 saturated carbocycles. The normalized spacial score (nSPS) is 18.2. The lowest BCUT2D eigenvalue weighted by Gasteiger charge is -2.42. The Morgan fingerprint density at radius 3 is 2.73 bits per heavy atom. The molecule has 0 unspecified atom stereocenters. The number of rotatable bonds is 7. The molecule has 1 fully saturated rings. The third kappa shape index (κ3) is 5.23. The summed E-state index contributed by atoms with van der Waals surface area (Å²) in [6.07, 6.45) is 6.68. The minimum Gasteiger partial charge on any atom is -0.382 e. The first-order valence-corrected chi connectivity index (χ1v) is 12.2. The van der Waals surface area contributed by atoms with Crippen LogP contribution >= 0.6 is 0 Å². The quantitative estimate of drug-likeness (QED) is 0.389. The Labute approximate surface area is 213 Å². The van der Waals surface area contributed by atoms with Crippen LogP contribution in [-0.2, 0) is 11.3 Å². The van der Waals surface area contributed by atoms with Crippen LogP contribution < -0.4 is 16.4 Å². The van der Waals surface area contributed by atoms with Gasteiger partial charge in [0.2, 0.25) is 0 Å². The number of benzene rings is 1. The Balaban J connectivity index is 1.54. The van der Waals surface area contributed by atoms with Crippen LogP contribution in [0, 0.1) is 11.6 Å². The lowest BCUT2D eigenvalue weighted by molar-refractivity contribution is 0.0354. The molecule has 0 aliphatic carbocycles. The molecule has 1 atom stereocenters. The van der Waals surface area contributed by atoms with Crippen LogP contribution in [0.2, 0.25) is 0 Å². The largest absolute Gasteiger partial charge is 0.382 e. The molecule has 37 heavy (non-hydrogen) atoms. The van der Waals surface area contributed by atoms with E-state index >= 15 is 0 Å². The molecule has 0 spiro atoms. The van der Waals surface area contributed by atoms with Crippen molar-refractivity contribution in [2.75, 3.05) is 30.3 Å². The standard InChI is InChI=1S/C26H30F2N8O/c1-16(2)37-13-26(30)6-3-7-35(12-26)22-10-31-21(17-4-5-19(27)20(28)8-17)9-18(22)11-36-15-34-23-24(29)32-14-33-25(23)36/h4-5,8-10,14-16H,3,6-7,11-13,30H2,1-2H3,(H2,29,32,33)/t26-/m1/s1. The van der Waals surface area contributed by atoms with Gasteiger partial charge in [-0.15, -0.1) is 0 Å². The minimum absolute atomic E-state index is 0.0902. The molecule has 0 amide bonds. The Bertz CT molecular complexity index is 1430. The van der Waals surface area contributed by atoms with Gasteiger partial charge in [0.25, 0.3) is 0 Å². The van der Waals surface area contributed by atoms with Gasteiger partial charge in [-0.25, -0.2) is 23.7 Å². The summed E-state index contributed by atoms with van der Waals surface area (Å²) < 4.78 is 35.3. The average Bonchev–Trinajstić information content (AvgIpc) is 3.28. The van der Waals surface area contributed by atoms with Crippen molar-refractivity contribution < 1.29 is 13.5 Å². The summed E-state index contributed by atoms with van der Waals surface area (Å²) in [5, 5.41) is 0. The van der Waals surface area contributed by atoms with E-state index in [2.05, 4.69) is 24.8 Å². The molecule has 5 rings (SSSR count). The fourth-order valence-electron chi connectivity index (χ4n) is 4.73. The van der Waals surface area contributed by atoms with Gasteiger partial charge in [-0.3, -0.25) is 4.98 Å². The second kappa shape index (κ2) is 9.98. The fourth-order valence-corrected chi connectivity index (χ4v) is 4.73. The summed E-state index contributed by atoms with van der Waals surface area (Å²) in [5.41, 5.74) is 16.2. The van der Waals surface area contributed by atoms with Gasteiger partial charge in [0.05, 0.1) is 48.7 Å². The fraction of sp³-hybridized carbons (Fsp3) is 0.385. The van der Waals surface area contributed by atoms with E-state index in [0.29, 0.717) is 47.9 Å². The van der Waals surface area contributed by atoms with E-state index in [9.17, 15) is 8.78 Å². The second-order valence-corrected chi connectivity index (χ2v) is 9.88. The molecule has 1 aliphatic heterocycles. The topological polar surface area (TPSA) is 121 Å². The van der Waals surface area contributed by atoms with Crippen LogP contribution in [0.25, 0.3) is 22.4 Å². The SMILES string of the molecule is CC(C)OC[C@@]1(N)CCCN(c2cnc(-c3ccc(F)c(F)c3)cc2Cn2cnc3c(N)ncnc32)C1. The van der Waals surface area contributed by atoms with Gasteiger partial charge >= 0.3 is 0 Å². The maximum absolute atomic E-state index is 14.0. The number of nitrogens with two attached hydrogens (primary N) is 2. The number of hydrogen-bond donors (Lipinski definition) is 2. The summed E-state index contributed by atoms with van der Waals surface area (Å²) >= 11 is 0. The number of fused-ring (bicyclic) bond motifs is 1. The number of halogens is 2. The van der Waals surface area contributed by atoms with Crippen molar-refractivity contribution >= 4 is 22.7 Å². The monoisotopic (exact) mass is 508 g/mol. The molecular formula is C26H30F2N8O. The summed E-state index contributed by atoms with van der Waals surface area (Å²) in [6, 6.07) is 5.65. The van der Waals surface area contributed by atoms with E-state index in [0.717, 1.165) is 42.8 Å². The van der Waals surface area contributed by atoms with E-state index in [1.807, 2.05) is 24.5 Å². The molecule has 194 valence electrons. The zero-order valence-corrected chi connectivity index (χ0v) is 20.9. The van der Waals surface area contributed by atoms with E-state index in [4.69, 9.17) is 16.2 Å².